The highest BCUT2D eigenvalue weighted by Gasteiger charge is 2.16. The third kappa shape index (κ3) is 4.60. The maximum Gasteiger partial charge on any atom is 0.338 e. The average molecular weight is 429 g/mol. The molecule has 0 atom stereocenters. The van der Waals surface area contributed by atoms with Gasteiger partial charge in [0.05, 0.1) is 47.1 Å². The van der Waals surface area contributed by atoms with Crippen molar-refractivity contribution in [2.24, 2.45) is 0 Å². The fourth-order valence-electron chi connectivity index (χ4n) is 3.26. The van der Waals surface area contributed by atoms with Gasteiger partial charge in [0.25, 0.3) is 0 Å². The number of rotatable bonds is 7. The molecular weight excluding hydrogens is 408 g/mol. The molecule has 4 rings (SSSR count). The fraction of sp³-hybridized carbons (Fsp3) is 0.167. The second-order valence-corrected chi connectivity index (χ2v) is 7.73. The molecule has 0 aliphatic carbocycles. The van der Waals surface area contributed by atoms with Crippen LogP contribution >= 0.6 is 11.8 Å². The number of nitriles is 1. The number of thioether (sulfide) groups is 1. The zero-order valence-corrected chi connectivity index (χ0v) is 17.8. The number of aromatic nitrogens is 3. The van der Waals surface area contributed by atoms with Crippen molar-refractivity contribution in [2.45, 2.75) is 24.4 Å². The molecule has 7 heteroatoms. The van der Waals surface area contributed by atoms with E-state index in [4.69, 9.17) is 9.72 Å². The molecule has 2 heterocycles. The van der Waals surface area contributed by atoms with Crippen molar-refractivity contribution < 1.29 is 9.53 Å². The Morgan fingerprint density at radius 1 is 1.16 bits per heavy atom. The van der Waals surface area contributed by atoms with Crippen molar-refractivity contribution >= 4 is 28.8 Å². The molecule has 0 saturated carbocycles. The first kappa shape index (κ1) is 20.6. The minimum atomic E-state index is -0.360. The first-order chi connectivity index (χ1) is 15.2. The summed E-state index contributed by atoms with van der Waals surface area (Å²) >= 11 is 1.56. The number of nitrogens with zero attached hydrogens (tertiary/aromatic N) is 4. The number of pyridine rings is 1. The van der Waals surface area contributed by atoms with Gasteiger partial charge in [-0.3, -0.25) is 4.98 Å². The quantitative estimate of drug-likeness (QED) is 0.310. The lowest BCUT2D eigenvalue weighted by atomic mass is 10.1. The van der Waals surface area contributed by atoms with E-state index in [9.17, 15) is 10.1 Å². The normalized spacial score (nSPS) is 10.7. The Morgan fingerprint density at radius 2 is 2.00 bits per heavy atom. The van der Waals surface area contributed by atoms with Gasteiger partial charge >= 0.3 is 5.97 Å². The van der Waals surface area contributed by atoms with Gasteiger partial charge in [-0.2, -0.15) is 5.26 Å². The predicted molar refractivity (Wildman–Crippen MR) is 120 cm³/mol. The molecule has 0 amide bonds. The molecule has 0 radical (unpaired) electrons. The van der Waals surface area contributed by atoms with Gasteiger partial charge in [0.1, 0.15) is 0 Å². The fourth-order valence-corrected chi connectivity index (χ4v) is 4.28. The number of fused-ring (bicyclic) bond motifs is 1. The summed E-state index contributed by atoms with van der Waals surface area (Å²) in [7, 11) is 0. The Labute approximate surface area is 184 Å². The van der Waals surface area contributed by atoms with Crippen LogP contribution in [0.3, 0.4) is 0 Å². The molecule has 0 fully saturated rings. The molecule has 0 spiro atoms. The lowest BCUT2D eigenvalue weighted by molar-refractivity contribution is 0.0526. The van der Waals surface area contributed by atoms with Gasteiger partial charge in [0, 0.05) is 11.9 Å². The van der Waals surface area contributed by atoms with Crippen molar-refractivity contribution in [3.8, 4) is 6.07 Å². The van der Waals surface area contributed by atoms with Crippen LogP contribution < -0.4 is 0 Å². The summed E-state index contributed by atoms with van der Waals surface area (Å²) in [6.45, 7) is 2.66. The summed E-state index contributed by atoms with van der Waals surface area (Å²) in [4.78, 5) is 21.4. The summed E-state index contributed by atoms with van der Waals surface area (Å²) in [6, 6.07) is 21.0. The standard InChI is InChI=1S/C24H20N4O2S/c1-2-30-23(29)17-10-11-22-21(13-17)27-24(28(22)15-20-9-5-6-12-26-20)31-16-19-8-4-3-7-18(19)14-25/h3-13H,2,15-16H2,1H3. The molecule has 0 aliphatic rings. The molecule has 0 N–H and O–H groups in total. The highest BCUT2D eigenvalue weighted by atomic mass is 32.2. The molecule has 31 heavy (non-hydrogen) atoms. The number of carbonyl (C=O) groups excluding carboxylic acids is 1. The first-order valence-corrected chi connectivity index (χ1v) is 10.9. The van der Waals surface area contributed by atoms with E-state index in [0.29, 0.717) is 30.0 Å². The van der Waals surface area contributed by atoms with Crippen LogP contribution in [0.5, 0.6) is 0 Å². The van der Waals surface area contributed by atoms with E-state index in [1.807, 2.05) is 48.5 Å². The van der Waals surface area contributed by atoms with Crippen LogP contribution in [0.4, 0.5) is 0 Å². The van der Waals surface area contributed by atoms with Crippen LogP contribution in [0.15, 0.2) is 72.0 Å². The average Bonchev–Trinajstić information content (AvgIpc) is 3.15. The highest BCUT2D eigenvalue weighted by Crippen LogP contribution is 2.29. The Kier molecular flexibility index (Phi) is 6.29. The highest BCUT2D eigenvalue weighted by molar-refractivity contribution is 7.98. The summed E-state index contributed by atoms with van der Waals surface area (Å²) in [5, 5.41) is 10.2. The van der Waals surface area contributed by atoms with Crippen molar-refractivity contribution in [1.82, 2.24) is 14.5 Å². The maximum absolute atomic E-state index is 12.1. The number of hydrogen-bond acceptors (Lipinski definition) is 6. The summed E-state index contributed by atoms with van der Waals surface area (Å²) in [5.74, 6) is 0.251. The van der Waals surface area contributed by atoms with Gasteiger partial charge in [-0.15, -0.1) is 0 Å². The monoisotopic (exact) mass is 428 g/mol. The van der Waals surface area contributed by atoms with Crippen LogP contribution in [-0.4, -0.2) is 27.1 Å². The van der Waals surface area contributed by atoms with Gasteiger partial charge in [-0.05, 0) is 48.9 Å². The summed E-state index contributed by atoms with van der Waals surface area (Å²) < 4.78 is 7.21. The van der Waals surface area contributed by atoms with Crippen LogP contribution in [0.25, 0.3) is 11.0 Å². The van der Waals surface area contributed by atoms with Crippen LogP contribution in [0.2, 0.25) is 0 Å². The largest absolute Gasteiger partial charge is 0.462 e. The maximum atomic E-state index is 12.1. The predicted octanol–water partition coefficient (Wildman–Crippen LogP) is 4.82. The molecule has 154 valence electrons. The zero-order valence-electron chi connectivity index (χ0n) is 17.0. The molecule has 0 aliphatic heterocycles. The van der Waals surface area contributed by atoms with Gasteiger partial charge in [-0.1, -0.05) is 36.0 Å². The van der Waals surface area contributed by atoms with E-state index in [1.165, 1.54) is 0 Å². The van der Waals surface area contributed by atoms with E-state index in [1.54, 1.807) is 37.0 Å². The summed E-state index contributed by atoms with van der Waals surface area (Å²) in [6.07, 6.45) is 1.77. The van der Waals surface area contributed by atoms with Crippen LogP contribution in [0.1, 0.15) is 34.1 Å². The number of carbonyl (C=O) groups is 1. The molecule has 2 aromatic heterocycles. The van der Waals surface area contributed by atoms with Gasteiger partial charge < -0.3 is 9.30 Å². The first-order valence-electron chi connectivity index (χ1n) is 9.87. The zero-order chi connectivity index (χ0) is 21.6. The van der Waals surface area contributed by atoms with E-state index >= 15 is 0 Å². The Balaban J connectivity index is 1.71. The lowest BCUT2D eigenvalue weighted by Gasteiger charge is -2.09. The van der Waals surface area contributed by atoms with Gasteiger partial charge in [-0.25, -0.2) is 9.78 Å². The summed E-state index contributed by atoms with van der Waals surface area (Å²) in [5.41, 5.74) is 4.64. The van der Waals surface area contributed by atoms with Gasteiger partial charge in [0.2, 0.25) is 0 Å². The van der Waals surface area contributed by atoms with E-state index in [0.717, 1.165) is 27.4 Å². The molecule has 0 bridgehead atoms. The third-order valence-electron chi connectivity index (χ3n) is 4.77. The molecule has 6 nitrogen and oxygen atoms in total. The Bertz CT molecular complexity index is 1260. The van der Waals surface area contributed by atoms with Gasteiger partial charge in [0.15, 0.2) is 5.16 Å². The molecular formula is C24H20N4O2S. The number of imidazole rings is 1. The second kappa shape index (κ2) is 9.45. The minimum absolute atomic E-state index is 0.324. The van der Waals surface area contributed by atoms with E-state index in [2.05, 4.69) is 15.6 Å². The smallest absolute Gasteiger partial charge is 0.338 e. The molecule has 2 aromatic carbocycles. The molecule has 4 aromatic rings. The number of hydrogen-bond donors (Lipinski definition) is 0. The number of ether oxygens (including phenoxy) is 1. The Hall–Kier alpha value is -3.63. The third-order valence-corrected chi connectivity index (χ3v) is 5.79. The van der Waals surface area contributed by atoms with Crippen LogP contribution in [0, 0.1) is 11.3 Å². The van der Waals surface area contributed by atoms with E-state index in [-0.39, 0.29) is 5.97 Å². The van der Waals surface area contributed by atoms with E-state index < -0.39 is 0 Å². The topological polar surface area (TPSA) is 80.8 Å². The minimum Gasteiger partial charge on any atom is -0.462 e. The second-order valence-electron chi connectivity index (χ2n) is 6.78. The molecule has 0 saturated heterocycles. The number of esters is 1. The molecule has 0 unspecified atom stereocenters. The lowest BCUT2D eigenvalue weighted by Crippen LogP contribution is -2.05. The number of benzene rings is 2. The SMILES string of the molecule is CCOC(=O)c1ccc2c(c1)nc(SCc1ccccc1C#N)n2Cc1ccccn1. The van der Waals surface area contributed by atoms with Crippen molar-refractivity contribution in [3.05, 3.63) is 89.2 Å². The van der Waals surface area contributed by atoms with Crippen molar-refractivity contribution in [3.63, 3.8) is 0 Å². The van der Waals surface area contributed by atoms with Crippen molar-refractivity contribution in [1.29, 1.82) is 5.26 Å². The van der Waals surface area contributed by atoms with Crippen LogP contribution in [-0.2, 0) is 17.0 Å². The Morgan fingerprint density at radius 3 is 2.77 bits per heavy atom. The van der Waals surface area contributed by atoms with Crippen molar-refractivity contribution in [2.75, 3.05) is 6.61 Å².